The van der Waals surface area contributed by atoms with Gasteiger partial charge in [-0.25, -0.2) is 0 Å². The van der Waals surface area contributed by atoms with Gasteiger partial charge in [0.25, 0.3) is 0 Å². The summed E-state index contributed by atoms with van der Waals surface area (Å²) < 4.78 is 17.0. The summed E-state index contributed by atoms with van der Waals surface area (Å²) in [5, 5.41) is 0. The van der Waals surface area contributed by atoms with Gasteiger partial charge in [0.2, 0.25) is 0 Å². The summed E-state index contributed by atoms with van der Waals surface area (Å²) in [6.07, 6.45) is 4.74. The highest BCUT2D eigenvalue weighted by atomic mass is 28.2. The van der Waals surface area contributed by atoms with Gasteiger partial charge in [-0.15, -0.1) is 0 Å². The molecule has 104 valence electrons. The van der Waals surface area contributed by atoms with Gasteiger partial charge in [0.15, 0.2) is 16.1 Å². The van der Waals surface area contributed by atoms with Gasteiger partial charge in [-0.1, -0.05) is 13.8 Å². The molecule has 0 spiro atoms. The van der Waals surface area contributed by atoms with Crippen LogP contribution in [0.3, 0.4) is 0 Å². The SMILES string of the molecule is CCC(C)OC(CCC[SiH2]OC)OC(C)CC. The molecule has 0 aliphatic carbocycles. The third-order valence-corrected chi connectivity index (χ3v) is 4.15. The maximum absolute atomic E-state index is 5.90. The Bertz CT molecular complexity index is 155. The zero-order chi connectivity index (χ0) is 13.1. The molecule has 0 bridgehead atoms. The lowest BCUT2D eigenvalue weighted by Gasteiger charge is -2.25. The van der Waals surface area contributed by atoms with E-state index in [1.165, 1.54) is 6.04 Å². The number of rotatable bonds is 11. The van der Waals surface area contributed by atoms with Gasteiger partial charge in [0.05, 0.1) is 12.2 Å². The molecule has 0 aliphatic heterocycles. The molecule has 0 aromatic heterocycles. The van der Waals surface area contributed by atoms with Gasteiger partial charge in [-0.2, -0.15) is 0 Å². The van der Waals surface area contributed by atoms with E-state index in [2.05, 4.69) is 27.7 Å². The van der Waals surface area contributed by atoms with Crippen LogP contribution in [0.4, 0.5) is 0 Å². The third kappa shape index (κ3) is 9.77. The molecular weight excluding hydrogens is 232 g/mol. The molecule has 0 heterocycles. The van der Waals surface area contributed by atoms with Gasteiger partial charge in [0.1, 0.15) is 0 Å². The third-order valence-electron chi connectivity index (χ3n) is 2.96. The minimum Gasteiger partial charge on any atom is -0.427 e. The molecule has 0 saturated carbocycles. The van der Waals surface area contributed by atoms with E-state index in [1.54, 1.807) is 7.11 Å². The summed E-state index contributed by atoms with van der Waals surface area (Å²) in [6, 6.07) is 1.21. The number of hydrogen-bond donors (Lipinski definition) is 0. The van der Waals surface area contributed by atoms with Crippen LogP contribution in [-0.2, 0) is 13.9 Å². The normalized spacial score (nSPS) is 17.5. The van der Waals surface area contributed by atoms with Gasteiger partial charge >= 0.3 is 0 Å². The molecule has 0 aromatic carbocycles. The second-order valence-electron chi connectivity index (χ2n) is 4.63. The molecule has 3 nitrogen and oxygen atoms in total. The van der Waals surface area contributed by atoms with Crippen LogP contribution in [0.25, 0.3) is 0 Å². The molecule has 0 radical (unpaired) electrons. The molecule has 2 atom stereocenters. The maximum Gasteiger partial charge on any atom is 0.161 e. The van der Waals surface area contributed by atoms with Crippen LogP contribution in [0.15, 0.2) is 0 Å². The van der Waals surface area contributed by atoms with E-state index in [4.69, 9.17) is 13.9 Å². The lowest BCUT2D eigenvalue weighted by Crippen LogP contribution is -2.26. The van der Waals surface area contributed by atoms with Crippen molar-refractivity contribution in [2.75, 3.05) is 7.11 Å². The average Bonchev–Trinajstić information content (AvgIpc) is 2.33. The smallest absolute Gasteiger partial charge is 0.161 e. The Labute approximate surface area is 109 Å². The van der Waals surface area contributed by atoms with Crippen LogP contribution in [-0.4, -0.2) is 35.4 Å². The molecule has 0 amide bonds. The monoisotopic (exact) mass is 262 g/mol. The van der Waals surface area contributed by atoms with Gasteiger partial charge in [0, 0.05) is 7.11 Å². The van der Waals surface area contributed by atoms with Crippen molar-refractivity contribution in [3.8, 4) is 0 Å². The first-order valence-corrected chi connectivity index (χ1v) is 8.51. The molecular formula is C13H30O3Si. The highest BCUT2D eigenvalue weighted by Gasteiger charge is 2.15. The fourth-order valence-corrected chi connectivity index (χ4v) is 2.22. The molecule has 0 rings (SSSR count). The second-order valence-corrected chi connectivity index (χ2v) is 6.32. The summed E-state index contributed by atoms with van der Waals surface area (Å²) >= 11 is 0. The molecule has 0 aliphatic rings. The molecule has 2 unspecified atom stereocenters. The summed E-state index contributed by atoms with van der Waals surface area (Å²) in [4.78, 5) is 0. The Balaban J connectivity index is 3.92. The lowest BCUT2D eigenvalue weighted by atomic mass is 10.2. The van der Waals surface area contributed by atoms with Crippen LogP contribution in [0.1, 0.15) is 53.4 Å². The van der Waals surface area contributed by atoms with Crippen molar-refractivity contribution in [2.45, 2.75) is 77.9 Å². The van der Waals surface area contributed by atoms with E-state index >= 15 is 0 Å². The van der Waals surface area contributed by atoms with Crippen LogP contribution in [0, 0.1) is 0 Å². The van der Waals surface area contributed by atoms with Crippen molar-refractivity contribution < 1.29 is 13.9 Å². The van der Waals surface area contributed by atoms with Crippen molar-refractivity contribution in [2.24, 2.45) is 0 Å². The van der Waals surface area contributed by atoms with Gasteiger partial charge in [-0.05, 0) is 45.6 Å². The van der Waals surface area contributed by atoms with Crippen LogP contribution in [0.2, 0.25) is 6.04 Å². The van der Waals surface area contributed by atoms with Gasteiger partial charge in [-0.3, -0.25) is 0 Å². The van der Waals surface area contributed by atoms with Crippen molar-refractivity contribution in [3.63, 3.8) is 0 Å². The van der Waals surface area contributed by atoms with E-state index in [-0.39, 0.29) is 28.3 Å². The maximum atomic E-state index is 5.90. The predicted octanol–water partition coefficient (Wildman–Crippen LogP) is 2.87. The molecule has 0 fully saturated rings. The van der Waals surface area contributed by atoms with Gasteiger partial charge < -0.3 is 13.9 Å². The topological polar surface area (TPSA) is 27.7 Å². The summed E-state index contributed by atoms with van der Waals surface area (Å²) in [7, 11) is 1.50. The Hall–Kier alpha value is 0.0969. The summed E-state index contributed by atoms with van der Waals surface area (Å²) in [5.41, 5.74) is 0. The van der Waals surface area contributed by atoms with Crippen molar-refractivity contribution in [1.82, 2.24) is 0 Å². The van der Waals surface area contributed by atoms with E-state index in [1.807, 2.05) is 0 Å². The predicted molar refractivity (Wildman–Crippen MR) is 75.1 cm³/mol. The zero-order valence-electron chi connectivity index (χ0n) is 12.2. The Morgan fingerprint density at radius 3 is 1.94 bits per heavy atom. The summed E-state index contributed by atoms with van der Waals surface area (Å²) in [6.45, 7) is 8.50. The number of ether oxygens (including phenoxy) is 2. The van der Waals surface area contributed by atoms with E-state index in [0.717, 1.165) is 25.7 Å². The molecule has 0 saturated heterocycles. The van der Waals surface area contributed by atoms with E-state index < -0.39 is 0 Å². The highest BCUT2D eigenvalue weighted by Crippen LogP contribution is 2.14. The molecule has 0 N–H and O–H groups in total. The average molecular weight is 262 g/mol. The first kappa shape index (κ1) is 17.1. The standard InChI is InChI=1S/C13H30O3Si/c1-6-11(3)15-13(16-12(4)7-2)9-8-10-17-14-5/h11-13H,6-10,17H2,1-5H3. The van der Waals surface area contributed by atoms with Crippen molar-refractivity contribution in [1.29, 1.82) is 0 Å². The van der Waals surface area contributed by atoms with Crippen LogP contribution < -0.4 is 0 Å². The van der Waals surface area contributed by atoms with Crippen LogP contribution in [0.5, 0.6) is 0 Å². The second kappa shape index (κ2) is 11.2. The minimum atomic E-state index is -0.297. The Morgan fingerprint density at radius 2 is 1.53 bits per heavy atom. The van der Waals surface area contributed by atoms with E-state index in [0.29, 0.717) is 0 Å². The molecule has 17 heavy (non-hydrogen) atoms. The van der Waals surface area contributed by atoms with Crippen molar-refractivity contribution >= 4 is 9.76 Å². The van der Waals surface area contributed by atoms with Crippen LogP contribution >= 0.6 is 0 Å². The van der Waals surface area contributed by atoms with E-state index in [9.17, 15) is 0 Å². The quantitative estimate of drug-likeness (QED) is 0.325. The minimum absolute atomic E-state index is 0.0363. The molecule has 0 aromatic rings. The first-order chi connectivity index (χ1) is 8.13. The summed E-state index contributed by atoms with van der Waals surface area (Å²) in [5.74, 6) is 0. The largest absolute Gasteiger partial charge is 0.427 e. The van der Waals surface area contributed by atoms with Crippen molar-refractivity contribution in [3.05, 3.63) is 0 Å². The molecule has 4 heteroatoms. The fraction of sp³-hybridized carbons (Fsp3) is 1.00. The zero-order valence-corrected chi connectivity index (χ0v) is 13.6. The fourth-order valence-electron chi connectivity index (χ4n) is 1.44. The Morgan fingerprint density at radius 1 is 1.00 bits per heavy atom. The highest BCUT2D eigenvalue weighted by molar-refractivity contribution is 6.26. The number of hydrogen-bond acceptors (Lipinski definition) is 3. The lowest BCUT2D eigenvalue weighted by molar-refractivity contribution is -0.191. The Kier molecular flexibility index (Phi) is 11.3. The first-order valence-electron chi connectivity index (χ1n) is 6.93.